The van der Waals surface area contributed by atoms with E-state index in [4.69, 9.17) is 0 Å². The quantitative estimate of drug-likeness (QED) is 0.230. The van der Waals surface area contributed by atoms with Gasteiger partial charge in [-0.2, -0.15) is 0 Å². The van der Waals surface area contributed by atoms with Crippen molar-refractivity contribution >= 4 is 0 Å². The first-order valence-corrected chi connectivity index (χ1v) is 15.0. The fourth-order valence-electron chi connectivity index (χ4n) is 5.62. The van der Waals surface area contributed by atoms with Gasteiger partial charge in [-0.1, -0.05) is 138 Å². The van der Waals surface area contributed by atoms with Crippen molar-refractivity contribution in [2.45, 2.75) is 138 Å². The zero-order chi connectivity index (χ0) is 31.5. The van der Waals surface area contributed by atoms with Gasteiger partial charge in [0.2, 0.25) is 0 Å². The van der Waals surface area contributed by atoms with Crippen molar-refractivity contribution in [3.05, 3.63) is 118 Å². The second kappa shape index (κ2) is 22.7. The predicted molar refractivity (Wildman–Crippen MR) is 178 cm³/mol. The molecule has 4 saturated carbocycles. The van der Waals surface area contributed by atoms with Gasteiger partial charge >= 0.3 is 0 Å². The summed E-state index contributed by atoms with van der Waals surface area (Å²) in [5.74, 6) is 29.4. The molecule has 44 heavy (non-hydrogen) atoms. The monoisotopic (exact) mass is 776 g/mol. The van der Waals surface area contributed by atoms with Crippen molar-refractivity contribution in [3.63, 3.8) is 0 Å². The van der Waals surface area contributed by atoms with Gasteiger partial charge in [-0.15, -0.1) is 0 Å². The molecule has 4 fully saturated rings. The maximum Gasteiger partial charge on any atom is 0 e. The van der Waals surface area contributed by atoms with Crippen LogP contribution < -0.4 is 0 Å². The summed E-state index contributed by atoms with van der Waals surface area (Å²) in [4.78, 5) is 0. The first-order valence-electron chi connectivity index (χ1n) is 15.0. The maximum atomic E-state index is 2.20. The van der Waals surface area contributed by atoms with Crippen LogP contribution >= 0.6 is 0 Å². The third-order valence-electron chi connectivity index (χ3n) is 11.2. The standard InChI is InChI=1S/4C10H15.4Co/c4*1-6-7(2)9(4)10(5)8(6)3;;;;/h4*1-5H3;;;;. The Kier molecular flexibility index (Phi) is 27.2. The summed E-state index contributed by atoms with van der Waals surface area (Å²) in [6.07, 6.45) is 0. The predicted octanol–water partition coefficient (Wildman–Crippen LogP) is 11.9. The molecule has 0 unspecified atom stereocenters. The molecule has 0 spiro atoms. The number of rotatable bonds is 0. The molecule has 0 nitrogen and oxygen atoms in total. The molecule has 4 heteroatoms. The molecule has 0 atom stereocenters. The topological polar surface area (TPSA) is 0 Å². The summed E-state index contributed by atoms with van der Waals surface area (Å²) < 4.78 is 0. The average Bonchev–Trinajstić information content (AvgIpc) is 3.37. The molecule has 0 aromatic rings. The van der Waals surface area contributed by atoms with E-state index in [1.807, 2.05) is 0 Å². The Morgan fingerprint density at radius 2 is 0.136 bits per heavy atom. The first kappa shape index (κ1) is 52.8. The molecule has 4 aliphatic carbocycles. The van der Waals surface area contributed by atoms with Crippen molar-refractivity contribution in [3.8, 4) is 0 Å². The Labute approximate surface area is 321 Å². The Morgan fingerprint density at radius 3 is 0.159 bits per heavy atom. The zero-order valence-corrected chi connectivity index (χ0v) is 35.5. The molecule has 0 amide bonds. The minimum atomic E-state index is 0. The molecular weight excluding hydrogens is 716 g/mol. The van der Waals surface area contributed by atoms with Crippen LogP contribution in [0.4, 0.5) is 0 Å². The molecule has 4 aliphatic rings. The van der Waals surface area contributed by atoms with Crippen molar-refractivity contribution in [1.82, 2.24) is 0 Å². The van der Waals surface area contributed by atoms with Gasteiger partial charge in [-0.25, -0.2) is 0 Å². The van der Waals surface area contributed by atoms with Gasteiger partial charge in [0.05, 0.1) is 0 Å². The molecular formula is C40H60Co4. The maximum absolute atomic E-state index is 2.20. The molecule has 24 radical (unpaired) electrons. The van der Waals surface area contributed by atoms with E-state index in [0.717, 1.165) is 0 Å². The Balaban J connectivity index is -0.000000235. The fourth-order valence-corrected chi connectivity index (χ4v) is 5.62. The summed E-state index contributed by atoms with van der Waals surface area (Å²) in [7, 11) is 0. The van der Waals surface area contributed by atoms with Crippen LogP contribution in [-0.2, 0) is 67.1 Å². The zero-order valence-electron chi connectivity index (χ0n) is 31.3. The minimum absolute atomic E-state index is 0. The van der Waals surface area contributed by atoms with E-state index in [2.05, 4.69) is 138 Å². The molecule has 0 aromatic carbocycles. The fraction of sp³-hybridized carbons (Fsp3) is 0.500. The van der Waals surface area contributed by atoms with Crippen LogP contribution in [0.2, 0.25) is 0 Å². The van der Waals surface area contributed by atoms with Gasteiger partial charge in [-0.05, 0) is 118 Å². The minimum Gasteiger partial charge on any atom is -0.0579 e. The van der Waals surface area contributed by atoms with Crippen molar-refractivity contribution in [1.29, 1.82) is 0 Å². The van der Waals surface area contributed by atoms with Crippen LogP contribution in [0.15, 0.2) is 0 Å². The van der Waals surface area contributed by atoms with Gasteiger partial charge in [-0.3, -0.25) is 0 Å². The van der Waals surface area contributed by atoms with Gasteiger partial charge < -0.3 is 0 Å². The molecule has 0 N–H and O–H groups in total. The van der Waals surface area contributed by atoms with E-state index in [9.17, 15) is 0 Å². The molecule has 0 aromatic heterocycles. The average molecular weight is 777 g/mol. The SMILES string of the molecule is C[C]1[C](C)[C](C)[C](C)[C]1C.C[C]1[C](C)[C](C)[C](C)[C]1C.C[C]1[C](C)[C](C)[C](C)[C]1C.C[C]1[C](C)[C](C)[C](C)[C]1C.[Co].[Co].[Co].[Co]. The van der Waals surface area contributed by atoms with E-state index in [1.165, 1.54) is 118 Å². The third-order valence-corrected chi connectivity index (χ3v) is 11.2. The molecule has 0 saturated heterocycles. The Hall–Kier alpha value is 2.03. The summed E-state index contributed by atoms with van der Waals surface area (Å²) in [6.45, 7) is 44.0. The van der Waals surface area contributed by atoms with Crippen LogP contribution in [0.3, 0.4) is 0 Å². The van der Waals surface area contributed by atoms with Crippen molar-refractivity contribution in [2.75, 3.05) is 0 Å². The molecule has 0 heterocycles. The van der Waals surface area contributed by atoms with Crippen molar-refractivity contribution in [2.24, 2.45) is 0 Å². The summed E-state index contributed by atoms with van der Waals surface area (Å²) in [5, 5.41) is 0. The van der Waals surface area contributed by atoms with E-state index in [0.29, 0.717) is 0 Å². The second-order valence-electron chi connectivity index (χ2n) is 12.5. The molecule has 0 bridgehead atoms. The van der Waals surface area contributed by atoms with E-state index in [1.54, 1.807) is 0 Å². The normalized spacial score (nSPS) is 25.9. The molecule has 0 aliphatic heterocycles. The molecule has 4 rings (SSSR count). The van der Waals surface area contributed by atoms with E-state index < -0.39 is 0 Å². The van der Waals surface area contributed by atoms with Gasteiger partial charge in [0.1, 0.15) is 0 Å². The Bertz CT molecular complexity index is 429. The van der Waals surface area contributed by atoms with Crippen LogP contribution in [0, 0.1) is 118 Å². The first-order chi connectivity index (χ1) is 18.2. The van der Waals surface area contributed by atoms with Gasteiger partial charge in [0, 0.05) is 67.1 Å². The van der Waals surface area contributed by atoms with Gasteiger partial charge in [0.15, 0.2) is 0 Å². The largest absolute Gasteiger partial charge is 0.0579 e. The van der Waals surface area contributed by atoms with Crippen LogP contribution in [0.25, 0.3) is 0 Å². The van der Waals surface area contributed by atoms with Crippen LogP contribution in [0.1, 0.15) is 138 Å². The summed E-state index contributed by atoms with van der Waals surface area (Å²) in [6, 6.07) is 0. The summed E-state index contributed by atoms with van der Waals surface area (Å²) in [5.41, 5.74) is 0. The van der Waals surface area contributed by atoms with Crippen LogP contribution in [0.5, 0.6) is 0 Å². The second-order valence-corrected chi connectivity index (χ2v) is 12.5. The number of hydrogen-bond acceptors (Lipinski definition) is 0. The smallest absolute Gasteiger partial charge is 0 e. The number of hydrogen-bond donors (Lipinski definition) is 0. The van der Waals surface area contributed by atoms with E-state index in [-0.39, 0.29) is 67.1 Å². The van der Waals surface area contributed by atoms with Crippen molar-refractivity contribution < 1.29 is 67.1 Å². The van der Waals surface area contributed by atoms with Crippen LogP contribution in [-0.4, -0.2) is 0 Å². The molecule has 256 valence electrons. The third kappa shape index (κ3) is 12.1. The Morgan fingerprint density at radius 1 is 0.114 bits per heavy atom. The summed E-state index contributed by atoms with van der Waals surface area (Å²) >= 11 is 0. The van der Waals surface area contributed by atoms with Gasteiger partial charge in [0.25, 0.3) is 0 Å². The van der Waals surface area contributed by atoms with E-state index >= 15 is 0 Å².